The highest BCUT2D eigenvalue weighted by molar-refractivity contribution is 5.65. The zero-order valence-electron chi connectivity index (χ0n) is 9.19. The van der Waals surface area contributed by atoms with Crippen molar-refractivity contribution >= 4 is 12.0 Å². The van der Waals surface area contributed by atoms with Gasteiger partial charge in [0, 0.05) is 6.92 Å². The molecule has 0 aliphatic heterocycles. The number of ether oxygens (including phenoxy) is 1. The molecule has 2 nitrogen and oxygen atoms in total. The smallest absolute Gasteiger partial charge is 0.302 e. The zero-order chi connectivity index (χ0) is 11.1. The van der Waals surface area contributed by atoms with Crippen molar-refractivity contribution < 1.29 is 9.53 Å². The molecule has 0 aliphatic carbocycles. The van der Waals surface area contributed by atoms with Crippen molar-refractivity contribution in [1.29, 1.82) is 0 Å². The minimum absolute atomic E-state index is 0.223. The maximum Gasteiger partial charge on any atom is 0.302 e. The lowest BCUT2D eigenvalue weighted by atomic mass is 10.1. The number of benzene rings is 1. The number of carbonyl (C=O) groups is 1. The highest BCUT2D eigenvalue weighted by Gasteiger charge is 1.89. The Bertz CT molecular complexity index is 336. The van der Waals surface area contributed by atoms with E-state index in [1.165, 1.54) is 18.1 Å². The second-order valence-electron chi connectivity index (χ2n) is 3.44. The molecule has 0 bridgehead atoms. The molecule has 0 fully saturated rings. The van der Waals surface area contributed by atoms with Crippen molar-refractivity contribution in [3.05, 3.63) is 41.5 Å². The molecule has 0 N–H and O–H groups in total. The van der Waals surface area contributed by atoms with Gasteiger partial charge in [-0.25, -0.2) is 0 Å². The van der Waals surface area contributed by atoms with E-state index >= 15 is 0 Å². The van der Waals surface area contributed by atoms with Crippen molar-refractivity contribution in [3.8, 4) is 0 Å². The van der Waals surface area contributed by atoms with Gasteiger partial charge in [-0.05, 0) is 18.9 Å². The largest absolute Gasteiger partial charge is 0.466 e. The first-order valence-electron chi connectivity index (χ1n) is 5.05. The summed E-state index contributed by atoms with van der Waals surface area (Å²) in [7, 11) is 0. The third-order valence-electron chi connectivity index (χ3n) is 1.98. The molecule has 1 aromatic rings. The molecular formula is C13H16O2. The number of aryl methyl sites for hydroxylation is 1. The monoisotopic (exact) mass is 204 g/mol. The molecule has 1 rings (SSSR count). The van der Waals surface area contributed by atoms with E-state index in [0.717, 1.165) is 6.42 Å². The van der Waals surface area contributed by atoms with E-state index in [2.05, 4.69) is 31.2 Å². The number of hydrogen-bond acceptors (Lipinski definition) is 2. The summed E-state index contributed by atoms with van der Waals surface area (Å²) in [6.07, 6.45) is 4.80. The Labute approximate surface area is 90.6 Å². The summed E-state index contributed by atoms with van der Waals surface area (Å²) in [5, 5.41) is 0. The molecule has 0 unspecified atom stereocenters. The van der Waals surface area contributed by atoms with Gasteiger partial charge in [-0.15, -0.1) is 0 Å². The zero-order valence-corrected chi connectivity index (χ0v) is 9.19. The Hall–Kier alpha value is -1.57. The summed E-state index contributed by atoms with van der Waals surface area (Å²) in [5.41, 5.74) is 2.43. The summed E-state index contributed by atoms with van der Waals surface area (Å²) >= 11 is 0. The maximum absolute atomic E-state index is 10.5. The number of rotatable bonds is 4. The molecule has 0 aromatic heterocycles. The standard InChI is InChI=1S/C13H16O2/c1-11-6-8-13(9-7-11)5-3-4-10-15-12(2)14/h3,5-9H,4,10H2,1-2H3/b5-3+. The van der Waals surface area contributed by atoms with Crippen LogP contribution in [0.3, 0.4) is 0 Å². The fourth-order valence-electron chi connectivity index (χ4n) is 1.17. The predicted octanol–water partition coefficient (Wildman–Crippen LogP) is 2.96. The van der Waals surface area contributed by atoms with E-state index < -0.39 is 0 Å². The number of esters is 1. The lowest BCUT2D eigenvalue weighted by Crippen LogP contribution is -1.98. The third kappa shape index (κ3) is 5.01. The Morgan fingerprint density at radius 1 is 1.33 bits per heavy atom. The van der Waals surface area contributed by atoms with Gasteiger partial charge in [0.2, 0.25) is 0 Å². The van der Waals surface area contributed by atoms with Crippen molar-refractivity contribution in [2.24, 2.45) is 0 Å². The quantitative estimate of drug-likeness (QED) is 0.556. The highest BCUT2D eigenvalue weighted by Crippen LogP contribution is 2.05. The van der Waals surface area contributed by atoms with Gasteiger partial charge < -0.3 is 4.74 Å². The van der Waals surface area contributed by atoms with Crippen LogP contribution in [-0.2, 0) is 9.53 Å². The average Bonchev–Trinajstić information content (AvgIpc) is 2.20. The van der Waals surface area contributed by atoms with Gasteiger partial charge in [-0.2, -0.15) is 0 Å². The normalized spacial score (nSPS) is 10.5. The summed E-state index contributed by atoms with van der Waals surface area (Å²) in [4.78, 5) is 10.5. The molecule has 2 heteroatoms. The van der Waals surface area contributed by atoms with E-state index in [1.54, 1.807) is 0 Å². The molecule has 15 heavy (non-hydrogen) atoms. The van der Waals surface area contributed by atoms with Crippen molar-refractivity contribution in [3.63, 3.8) is 0 Å². The fourth-order valence-corrected chi connectivity index (χ4v) is 1.17. The molecule has 0 saturated heterocycles. The SMILES string of the molecule is CC(=O)OCC/C=C/c1ccc(C)cc1. The van der Waals surface area contributed by atoms with Crippen LogP contribution in [0.4, 0.5) is 0 Å². The molecule has 0 heterocycles. The Kier molecular flexibility index (Phi) is 4.61. The molecule has 0 atom stereocenters. The summed E-state index contributed by atoms with van der Waals surface area (Å²) in [5.74, 6) is -0.223. The Morgan fingerprint density at radius 3 is 2.60 bits per heavy atom. The number of carbonyl (C=O) groups excluding carboxylic acids is 1. The lowest BCUT2D eigenvalue weighted by molar-refractivity contribution is -0.140. The maximum atomic E-state index is 10.5. The Morgan fingerprint density at radius 2 is 2.00 bits per heavy atom. The van der Waals surface area contributed by atoms with E-state index in [9.17, 15) is 4.79 Å². The van der Waals surface area contributed by atoms with Gasteiger partial charge in [-0.1, -0.05) is 42.0 Å². The summed E-state index contributed by atoms with van der Waals surface area (Å²) in [6, 6.07) is 8.28. The average molecular weight is 204 g/mol. The van der Waals surface area contributed by atoms with Crippen LogP contribution in [0.5, 0.6) is 0 Å². The minimum Gasteiger partial charge on any atom is -0.466 e. The molecule has 0 aliphatic rings. The first-order valence-corrected chi connectivity index (χ1v) is 5.05. The molecule has 0 spiro atoms. The first-order chi connectivity index (χ1) is 7.18. The summed E-state index contributed by atoms with van der Waals surface area (Å²) < 4.78 is 4.81. The Balaban J connectivity index is 2.32. The third-order valence-corrected chi connectivity index (χ3v) is 1.98. The lowest BCUT2D eigenvalue weighted by Gasteiger charge is -1.97. The molecule has 0 radical (unpaired) electrons. The van der Waals surface area contributed by atoms with Gasteiger partial charge in [0.25, 0.3) is 0 Å². The van der Waals surface area contributed by atoms with Crippen LogP contribution in [0, 0.1) is 6.92 Å². The summed E-state index contributed by atoms with van der Waals surface area (Å²) in [6.45, 7) is 3.94. The molecule has 0 amide bonds. The van der Waals surface area contributed by atoms with E-state index in [4.69, 9.17) is 4.74 Å². The van der Waals surface area contributed by atoms with Gasteiger partial charge in [-0.3, -0.25) is 4.79 Å². The van der Waals surface area contributed by atoms with Crippen LogP contribution in [0.1, 0.15) is 24.5 Å². The molecule has 0 saturated carbocycles. The van der Waals surface area contributed by atoms with Crippen molar-refractivity contribution in [2.75, 3.05) is 6.61 Å². The second-order valence-corrected chi connectivity index (χ2v) is 3.44. The number of hydrogen-bond donors (Lipinski definition) is 0. The van der Waals surface area contributed by atoms with Gasteiger partial charge in [0.15, 0.2) is 0 Å². The highest BCUT2D eigenvalue weighted by atomic mass is 16.5. The van der Waals surface area contributed by atoms with Gasteiger partial charge >= 0.3 is 5.97 Å². The van der Waals surface area contributed by atoms with E-state index in [1.807, 2.05) is 12.2 Å². The van der Waals surface area contributed by atoms with E-state index in [0.29, 0.717) is 6.61 Å². The van der Waals surface area contributed by atoms with Crippen LogP contribution in [0.25, 0.3) is 6.08 Å². The topological polar surface area (TPSA) is 26.3 Å². The molecule has 1 aromatic carbocycles. The first kappa shape index (κ1) is 11.5. The molecule has 80 valence electrons. The van der Waals surface area contributed by atoms with Crippen LogP contribution < -0.4 is 0 Å². The minimum atomic E-state index is -0.223. The van der Waals surface area contributed by atoms with Crippen LogP contribution in [0.2, 0.25) is 0 Å². The van der Waals surface area contributed by atoms with Crippen LogP contribution in [-0.4, -0.2) is 12.6 Å². The predicted molar refractivity (Wildman–Crippen MR) is 61.5 cm³/mol. The van der Waals surface area contributed by atoms with Crippen LogP contribution in [0.15, 0.2) is 30.3 Å². The van der Waals surface area contributed by atoms with Crippen molar-refractivity contribution in [1.82, 2.24) is 0 Å². The van der Waals surface area contributed by atoms with Gasteiger partial charge in [0.1, 0.15) is 0 Å². The van der Waals surface area contributed by atoms with E-state index in [-0.39, 0.29) is 5.97 Å². The second kappa shape index (κ2) is 6.02. The molecular weight excluding hydrogens is 188 g/mol. The van der Waals surface area contributed by atoms with Crippen LogP contribution >= 0.6 is 0 Å². The van der Waals surface area contributed by atoms with Crippen molar-refractivity contribution in [2.45, 2.75) is 20.3 Å². The van der Waals surface area contributed by atoms with Gasteiger partial charge in [0.05, 0.1) is 6.61 Å². The fraction of sp³-hybridized carbons (Fsp3) is 0.308.